The van der Waals surface area contributed by atoms with Gasteiger partial charge in [-0.05, 0) is 19.1 Å². The molecule has 0 spiro atoms. The molecule has 3 rings (SSSR count). The highest BCUT2D eigenvalue weighted by Gasteiger charge is 2.12. The van der Waals surface area contributed by atoms with Gasteiger partial charge in [0.25, 0.3) is 0 Å². The predicted molar refractivity (Wildman–Crippen MR) is 96.4 cm³/mol. The minimum atomic E-state index is -0.638. The first-order chi connectivity index (χ1) is 13.0. The number of nitrogens with two attached hydrogens (primary N) is 1. The molecule has 0 aliphatic heterocycles. The van der Waals surface area contributed by atoms with Gasteiger partial charge < -0.3 is 20.5 Å². The largest absolute Gasteiger partial charge is 0.495 e. The van der Waals surface area contributed by atoms with Crippen LogP contribution in [-0.4, -0.2) is 38.0 Å². The van der Waals surface area contributed by atoms with Crippen LogP contribution in [-0.2, 0) is 11.3 Å². The number of methoxy groups -OCH3 is 1. The van der Waals surface area contributed by atoms with Gasteiger partial charge in [0.05, 0.1) is 24.7 Å². The van der Waals surface area contributed by atoms with Crippen molar-refractivity contribution in [3.05, 3.63) is 53.9 Å². The Balaban J connectivity index is 1.71. The van der Waals surface area contributed by atoms with E-state index < -0.39 is 5.97 Å². The minimum Gasteiger partial charge on any atom is -0.495 e. The fourth-order valence-corrected chi connectivity index (χ4v) is 2.13. The molecular formula is C17H17N7O3. The van der Waals surface area contributed by atoms with E-state index in [0.717, 1.165) is 0 Å². The number of hydrogen-bond acceptors (Lipinski definition) is 10. The number of rotatable bonds is 6. The molecule has 3 aromatic rings. The zero-order valence-corrected chi connectivity index (χ0v) is 14.7. The van der Waals surface area contributed by atoms with Gasteiger partial charge in [0, 0.05) is 6.20 Å². The van der Waals surface area contributed by atoms with Crippen LogP contribution in [0.15, 0.2) is 36.7 Å². The molecule has 3 N–H and O–H groups in total. The summed E-state index contributed by atoms with van der Waals surface area (Å²) in [5.41, 5.74) is 7.17. The molecular weight excluding hydrogens is 350 g/mol. The average Bonchev–Trinajstić information content (AvgIpc) is 2.67. The predicted octanol–water partition coefficient (Wildman–Crippen LogP) is 1.66. The second-order valence-corrected chi connectivity index (χ2v) is 5.38. The topological polar surface area (TPSA) is 138 Å². The monoisotopic (exact) mass is 367 g/mol. The minimum absolute atomic E-state index is 0.0106. The van der Waals surface area contributed by atoms with Crippen molar-refractivity contribution in [3.8, 4) is 5.75 Å². The highest BCUT2D eigenvalue weighted by atomic mass is 16.5. The van der Waals surface area contributed by atoms with E-state index >= 15 is 0 Å². The first-order valence-electron chi connectivity index (χ1n) is 7.91. The molecule has 0 aliphatic carbocycles. The Morgan fingerprint density at radius 3 is 2.70 bits per heavy atom. The molecule has 27 heavy (non-hydrogen) atoms. The molecule has 10 nitrogen and oxygen atoms in total. The summed E-state index contributed by atoms with van der Waals surface area (Å²) < 4.78 is 10.4. The van der Waals surface area contributed by atoms with Crippen molar-refractivity contribution in [2.45, 2.75) is 13.5 Å². The van der Waals surface area contributed by atoms with E-state index in [1.165, 1.54) is 12.4 Å². The first kappa shape index (κ1) is 18.0. The third-order valence-corrected chi connectivity index (χ3v) is 3.37. The van der Waals surface area contributed by atoms with Crippen LogP contribution < -0.4 is 15.8 Å². The molecule has 0 radical (unpaired) electrons. The maximum absolute atomic E-state index is 12.0. The van der Waals surface area contributed by atoms with Crippen LogP contribution in [0.4, 0.5) is 17.6 Å². The van der Waals surface area contributed by atoms with Gasteiger partial charge in [0.15, 0.2) is 18.1 Å². The second-order valence-electron chi connectivity index (χ2n) is 5.38. The summed E-state index contributed by atoms with van der Waals surface area (Å²) in [6.07, 6.45) is 2.82. The Hall–Kier alpha value is -3.82. The number of nitrogens with one attached hydrogen (secondary N) is 1. The zero-order chi connectivity index (χ0) is 19.2. The molecule has 138 valence electrons. The summed E-state index contributed by atoms with van der Waals surface area (Å²) in [4.78, 5) is 32.2. The number of esters is 1. The molecule has 10 heteroatoms. The number of anilines is 3. The third kappa shape index (κ3) is 4.63. The van der Waals surface area contributed by atoms with E-state index in [2.05, 4.69) is 30.2 Å². The molecule has 0 saturated heterocycles. The summed E-state index contributed by atoms with van der Waals surface area (Å²) in [6.45, 7) is 1.58. The number of carbonyl (C=O) groups excluding carboxylic acids is 1. The Labute approximate surface area is 154 Å². The summed E-state index contributed by atoms with van der Waals surface area (Å²) in [7, 11) is 1.56. The maximum atomic E-state index is 12.0. The quantitative estimate of drug-likeness (QED) is 0.618. The van der Waals surface area contributed by atoms with Crippen LogP contribution in [0.3, 0.4) is 0 Å². The van der Waals surface area contributed by atoms with Crippen molar-refractivity contribution in [2.24, 2.45) is 0 Å². The molecule has 0 aliphatic rings. The van der Waals surface area contributed by atoms with Gasteiger partial charge in [-0.15, -0.1) is 0 Å². The molecule has 0 amide bonds. The molecule has 0 bridgehead atoms. The molecule has 1 aromatic carbocycles. The number of nitrogen functional groups attached to an aromatic ring is 1. The fraction of sp³-hybridized carbons (Fsp3) is 0.176. The van der Waals surface area contributed by atoms with E-state index in [1.807, 2.05) is 12.1 Å². The normalized spacial score (nSPS) is 10.3. The number of aryl methyl sites for hydroxylation is 1. The van der Waals surface area contributed by atoms with E-state index in [9.17, 15) is 4.79 Å². The van der Waals surface area contributed by atoms with Crippen LogP contribution in [0.1, 0.15) is 22.0 Å². The van der Waals surface area contributed by atoms with Gasteiger partial charge in [-0.2, -0.15) is 15.0 Å². The number of para-hydroxylation sites is 2. The number of ether oxygens (including phenoxy) is 2. The number of aromatic nitrogens is 5. The molecule has 0 atom stereocenters. The van der Waals surface area contributed by atoms with Crippen molar-refractivity contribution in [2.75, 3.05) is 18.2 Å². The second kappa shape index (κ2) is 8.04. The van der Waals surface area contributed by atoms with Crippen molar-refractivity contribution < 1.29 is 14.3 Å². The summed E-state index contributed by atoms with van der Waals surface area (Å²) in [5, 5.41) is 3.00. The van der Waals surface area contributed by atoms with Crippen LogP contribution in [0, 0.1) is 6.92 Å². The average molecular weight is 367 g/mol. The highest BCUT2D eigenvalue weighted by Crippen LogP contribution is 2.25. The number of carbonyl (C=O) groups is 1. The molecule has 0 unspecified atom stereocenters. The number of nitrogens with zero attached hydrogens (tertiary/aromatic N) is 5. The maximum Gasteiger partial charge on any atom is 0.358 e. The molecule has 2 aromatic heterocycles. The SMILES string of the molecule is COc1ccccc1Nc1nc(N)nc(COC(=O)c2cnc(C)cn2)n1. The Morgan fingerprint density at radius 1 is 1.15 bits per heavy atom. The van der Waals surface area contributed by atoms with Crippen LogP contribution in [0.2, 0.25) is 0 Å². The van der Waals surface area contributed by atoms with Gasteiger partial charge >= 0.3 is 5.97 Å². The number of benzene rings is 1. The van der Waals surface area contributed by atoms with Crippen LogP contribution in [0.25, 0.3) is 0 Å². The van der Waals surface area contributed by atoms with Gasteiger partial charge in [0.1, 0.15) is 5.75 Å². The van der Waals surface area contributed by atoms with Gasteiger partial charge in [0.2, 0.25) is 11.9 Å². The standard InChI is InChI=1S/C17H17N7O3/c1-10-7-20-12(8-19-10)15(25)27-9-14-22-16(18)24-17(23-14)21-11-5-3-4-6-13(11)26-2/h3-8H,9H2,1-2H3,(H3,18,21,22,23,24). The van der Waals surface area contributed by atoms with Crippen molar-refractivity contribution in [3.63, 3.8) is 0 Å². The van der Waals surface area contributed by atoms with E-state index in [-0.39, 0.29) is 30.0 Å². The number of hydrogen-bond donors (Lipinski definition) is 2. The van der Waals surface area contributed by atoms with Crippen LogP contribution >= 0.6 is 0 Å². The lowest BCUT2D eigenvalue weighted by molar-refractivity contribution is 0.0454. The van der Waals surface area contributed by atoms with Crippen molar-refractivity contribution >= 4 is 23.6 Å². The highest BCUT2D eigenvalue weighted by molar-refractivity contribution is 5.86. The van der Waals surface area contributed by atoms with Gasteiger partial charge in [-0.3, -0.25) is 4.98 Å². The van der Waals surface area contributed by atoms with Crippen molar-refractivity contribution in [1.82, 2.24) is 24.9 Å². The third-order valence-electron chi connectivity index (χ3n) is 3.37. The Bertz CT molecular complexity index is 948. The van der Waals surface area contributed by atoms with Gasteiger partial charge in [-0.25, -0.2) is 9.78 Å². The lowest BCUT2D eigenvalue weighted by atomic mass is 10.3. The summed E-state index contributed by atoms with van der Waals surface area (Å²) >= 11 is 0. The molecule has 0 saturated carbocycles. The van der Waals surface area contributed by atoms with Gasteiger partial charge in [-0.1, -0.05) is 12.1 Å². The smallest absolute Gasteiger partial charge is 0.358 e. The Morgan fingerprint density at radius 2 is 1.96 bits per heavy atom. The fourth-order valence-electron chi connectivity index (χ4n) is 2.13. The van der Waals surface area contributed by atoms with E-state index in [0.29, 0.717) is 17.1 Å². The summed E-state index contributed by atoms with van der Waals surface area (Å²) in [6, 6.07) is 7.26. The lowest BCUT2D eigenvalue weighted by Crippen LogP contribution is -2.12. The Kier molecular flexibility index (Phi) is 5.36. The molecule has 2 heterocycles. The van der Waals surface area contributed by atoms with Crippen LogP contribution in [0.5, 0.6) is 5.75 Å². The van der Waals surface area contributed by atoms with E-state index in [1.54, 1.807) is 26.2 Å². The lowest BCUT2D eigenvalue weighted by Gasteiger charge is -2.10. The first-order valence-corrected chi connectivity index (χ1v) is 7.91. The molecule has 0 fully saturated rings. The zero-order valence-electron chi connectivity index (χ0n) is 14.7. The summed E-state index contributed by atoms with van der Waals surface area (Å²) in [5.74, 6) is 0.355. The van der Waals surface area contributed by atoms with Crippen molar-refractivity contribution in [1.29, 1.82) is 0 Å². The van der Waals surface area contributed by atoms with E-state index in [4.69, 9.17) is 15.2 Å².